The number of amides is 1. The van der Waals surface area contributed by atoms with Crippen molar-refractivity contribution < 1.29 is 14.3 Å². The SMILES string of the molecule is COc1cc2c(cc1OC)CN(CCc1ccc(NC(=O)c3ccc(C=c4[nH]c(=O)c(=Cc5ccccc5)n(C)c4=O)cc3)cc1)CC2. The zero-order valence-corrected chi connectivity index (χ0v) is 27.3. The predicted molar refractivity (Wildman–Crippen MR) is 188 cm³/mol. The molecule has 0 spiro atoms. The van der Waals surface area contributed by atoms with E-state index in [0.717, 1.165) is 49.5 Å². The van der Waals surface area contributed by atoms with E-state index in [2.05, 4.69) is 27.3 Å². The molecule has 5 aromatic rings. The molecule has 1 aliphatic heterocycles. The molecule has 2 heterocycles. The number of carbonyl (C=O) groups is 1. The second kappa shape index (κ2) is 14.4. The quantitative estimate of drug-likeness (QED) is 0.255. The van der Waals surface area contributed by atoms with E-state index in [-0.39, 0.29) is 27.7 Å². The highest BCUT2D eigenvalue weighted by Crippen LogP contribution is 2.33. The summed E-state index contributed by atoms with van der Waals surface area (Å²) in [5.41, 5.74) is 5.77. The van der Waals surface area contributed by atoms with Crippen LogP contribution in [0.2, 0.25) is 0 Å². The predicted octanol–water partition coefficient (Wildman–Crippen LogP) is 3.60. The lowest BCUT2D eigenvalue weighted by Crippen LogP contribution is -2.52. The molecule has 0 radical (unpaired) electrons. The Bertz CT molecular complexity index is 2170. The van der Waals surface area contributed by atoms with Gasteiger partial charge in [-0.15, -0.1) is 0 Å². The highest BCUT2D eigenvalue weighted by molar-refractivity contribution is 6.04. The Balaban J connectivity index is 1.06. The molecular formula is C39H38N4O5. The minimum Gasteiger partial charge on any atom is -0.493 e. The van der Waals surface area contributed by atoms with Crippen LogP contribution in [0.4, 0.5) is 5.69 Å². The maximum Gasteiger partial charge on any atom is 0.274 e. The van der Waals surface area contributed by atoms with Gasteiger partial charge in [0, 0.05) is 37.9 Å². The third-order valence-electron chi connectivity index (χ3n) is 8.69. The summed E-state index contributed by atoms with van der Waals surface area (Å²) >= 11 is 0. The van der Waals surface area contributed by atoms with Crippen LogP contribution >= 0.6 is 0 Å². The molecule has 0 saturated heterocycles. The lowest BCUT2D eigenvalue weighted by Gasteiger charge is -2.29. The zero-order valence-electron chi connectivity index (χ0n) is 27.3. The minimum atomic E-state index is -0.367. The van der Waals surface area contributed by atoms with E-state index in [1.165, 1.54) is 21.3 Å². The van der Waals surface area contributed by atoms with Crippen molar-refractivity contribution in [3.63, 3.8) is 0 Å². The molecule has 0 fully saturated rings. The third kappa shape index (κ3) is 7.32. The number of nitrogens with one attached hydrogen (secondary N) is 2. The van der Waals surface area contributed by atoms with Crippen LogP contribution in [0.25, 0.3) is 12.2 Å². The van der Waals surface area contributed by atoms with Crippen molar-refractivity contribution in [2.75, 3.05) is 32.6 Å². The summed E-state index contributed by atoms with van der Waals surface area (Å²) in [4.78, 5) is 43.9. The molecule has 0 aliphatic carbocycles. The summed E-state index contributed by atoms with van der Waals surface area (Å²) < 4.78 is 12.3. The fourth-order valence-corrected chi connectivity index (χ4v) is 5.92. The molecule has 2 N–H and O–H groups in total. The van der Waals surface area contributed by atoms with E-state index < -0.39 is 0 Å². The van der Waals surface area contributed by atoms with Crippen LogP contribution in [0.1, 0.15) is 38.2 Å². The summed E-state index contributed by atoms with van der Waals surface area (Å²) in [6.45, 7) is 2.79. The van der Waals surface area contributed by atoms with Crippen molar-refractivity contribution in [3.8, 4) is 11.5 Å². The molecule has 9 heteroatoms. The summed E-state index contributed by atoms with van der Waals surface area (Å²) in [7, 11) is 4.90. The number of rotatable bonds is 9. The number of carbonyl (C=O) groups excluding carboxylic acids is 1. The fourth-order valence-electron chi connectivity index (χ4n) is 5.92. The number of hydrogen-bond donors (Lipinski definition) is 2. The summed E-state index contributed by atoms with van der Waals surface area (Å²) in [6, 6.07) is 28.3. The molecule has 0 saturated carbocycles. The summed E-state index contributed by atoms with van der Waals surface area (Å²) in [6.07, 6.45) is 5.15. The van der Waals surface area contributed by atoms with E-state index in [1.807, 2.05) is 54.6 Å². The van der Waals surface area contributed by atoms with Gasteiger partial charge >= 0.3 is 0 Å². The number of ether oxygens (including phenoxy) is 2. The van der Waals surface area contributed by atoms with E-state index in [9.17, 15) is 14.4 Å². The Labute approximate surface area is 278 Å². The smallest absolute Gasteiger partial charge is 0.274 e. The van der Waals surface area contributed by atoms with Gasteiger partial charge in [0.1, 0.15) is 10.7 Å². The van der Waals surface area contributed by atoms with Crippen molar-refractivity contribution >= 4 is 23.7 Å². The van der Waals surface area contributed by atoms with Crippen molar-refractivity contribution in [2.45, 2.75) is 19.4 Å². The van der Waals surface area contributed by atoms with E-state index in [1.54, 1.807) is 57.7 Å². The fraction of sp³-hybridized carbons (Fsp3) is 0.205. The van der Waals surface area contributed by atoms with Crippen molar-refractivity contribution in [2.24, 2.45) is 7.05 Å². The van der Waals surface area contributed by atoms with Gasteiger partial charge in [0.25, 0.3) is 17.0 Å². The van der Waals surface area contributed by atoms with E-state index in [0.29, 0.717) is 16.8 Å². The van der Waals surface area contributed by atoms with Gasteiger partial charge in [-0.3, -0.25) is 19.3 Å². The molecule has 1 amide bonds. The molecule has 1 aliphatic rings. The first-order valence-electron chi connectivity index (χ1n) is 15.9. The number of anilines is 1. The second-order valence-corrected chi connectivity index (χ2v) is 11.8. The first-order chi connectivity index (χ1) is 23.3. The first kappa shape index (κ1) is 32.3. The molecule has 9 nitrogen and oxygen atoms in total. The molecule has 1 aromatic heterocycles. The average Bonchev–Trinajstić information content (AvgIpc) is 3.12. The van der Waals surface area contributed by atoms with Crippen LogP contribution in [-0.2, 0) is 26.4 Å². The van der Waals surface area contributed by atoms with Crippen molar-refractivity contribution in [1.82, 2.24) is 14.5 Å². The van der Waals surface area contributed by atoms with Crippen molar-refractivity contribution in [1.29, 1.82) is 0 Å². The Morgan fingerprint density at radius 2 is 1.52 bits per heavy atom. The van der Waals surface area contributed by atoms with Crippen LogP contribution in [0, 0.1) is 0 Å². The summed E-state index contributed by atoms with van der Waals surface area (Å²) in [5, 5.41) is 3.38. The lowest BCUT2D eigenvalue weighted by molar-refractivity contribution is 0.102. The average molecular weight is 643 g/mol. The minimum absolute atomic E-state index is 0.163. The van der Waals surface area contributed by atoms with Gasteiger partial charge in [0.2, 0.25) is 0 Å². The Morgan fingerprint density at radius 1 is 0.854 bits per heavy atom. The summed E-state index contributed by atoms with van der Waals surface area (Å²) in [5.74, 6) is 1.29. The topological polar surface area (TPSA) is 106 Å². The van der Waals surface area contributed by atoms with Crippen LogP contribution in [0.15, 0.2) is 101 Å². The number of hydrogen-bond acceptors (Lipinski definition) is 6. The first-order valence-corrected chi connectivity index (χ1v) is 15.9. The van der Waals surface area contributed by atoms with Crippen LogP contribution in [0.3, 0.4) is 0 Å². The van der Waals surface area contributed by atoms with Gasteiger partial charge in [-0.2, -0.15) is 0 Å². The molecule has 244 valence electrons. The number of nitrogens with zero attached hydrogens (tertiary/aromatic N) is 2. The molecule has 4 aromatic carbocycles. The number of aromatic nitrogens is 2. The maximum atomic E-state index is 13.0. The van der Waals surface area contributed by atoms with Crippen molar-refractivity contribution in [3.05, 3.63) is 156 Å². The highest BCUT2D eigenvalue weighted by Gasteiger charge is 2.19. The maximum absolute atomic E-state index is 13.0. The van der Waals surface area contributed by atoms with Crippen LogP contribution in [0.5, 0.6) is 11.5 Å². The number of benzene rings is 4. The third-order valence-corrected chi connectivity index (χ3v) is 8.69. The normalized spacial score (nSPS) is 13.6. The number of aromatic amines is 1. The number of methoxy groups -OCH3 is 2. The second-order valence-electron chi connectivity index (χ2n) is 11.8. The molecule has 0 unspecified atom stereocenters. The molecule has 0 bridgehead atoms. The van der Waals surface area contributed by atoms with Gasteiger partial charge in [0.15, 0.2) is 11.5 Å². The Hall–Kier alpha value is -5.67. The Kier molecular flexibility index (Phi) is 9.68. The monoisotopic (exact) mass is 642 g/mol. The standard InChI is InChI=1S/C39H38N4O5/c1-42-34(22-27-7-5-4-6-8-27)38(45)41-33(39(42)46)21-28-9-13-29(14-10-28)37(44)40-32-15-11-26(12-16-32)17-19-43-20-18-30-23-35(47-2)36(48-3)24-31(30)25-43/h4-16,21-24H,17-20,25H2,1-3H3,(H,40,44)(H,41,45). The van der Waals surface area contributed by atoms with Gasteiger partial charge in [-0.05, 0) is 89.2 Å². The van der Waals surface area contributed by atoms with Crippen LogP contribution < -0.4 is 36.6 Å². The Morgan fingerprint density at radius 3 is 2.21 bits per heavy atom. The van der Waals surface area contributed by atoms with Gasteiger partial charge in [-0.25, -0.2) is 0 Å². The van der Waals surface area contributed by atoms with Gasteiger partial charge < -0.3 is 24.3 Å². The number of fused-ring (bicyclic) bond motifs is 1. The molecule has 48 heavy (non-hydrogen) atoms. The van der Waals surface area contributed by atoms with E-state index >= 15 is 0 Å². The van der Waals surface area contributed by atoms with E-state index in [4.69, 9.17) is 9.47 Å². The molecule has 0 atom stereocenters. The van der Waals surface area contributed by atoms with Gasteiger partial charge in [-0.1, -0.05) is 54.6 Å². The molecular weight excluding hydrogens is 604 g/mol. The van der Waals surface area contributed by atoms with Gasteiger partial charge in [0.05, 0.1) is 14.2 Å². The molecule has 6 rings (SSSR count). The lowest BCUT2D eigenvalue weighted by atomic mass is 9.98. The van der Waals surface area contributed by atoms with Crippen LogP contribution in [-0.4, -0.2) is 47.7 Å². The zero-order chi connectivity index (χ0) is 33.6. The highest BCUT2D eigenvalue weighted by atomic mass is 16.5. The largest absolute Gasteiger partial charge is 0.493 e. The number of H-pyrrole nitrogens is 1.